The topological polar surface area (TPSA) is 93.3 Å². The molecular formula is C25H27N3O4S. The van der Waals surface area contributed by atoms with E-state index in [1.165, 1.54) is 17.3 Å². The first kappa shape index (κ1) is 22.9. The third-order valence-electron chi connectivity index (χ3n) is 5.44. The van der Waals surface area contributed by atoms with Gasteiger partial charge in [0.1, 0.15) is 5.82 Å². The molecule has 3 aromatic rings. The number of thioether (sulfide) groups is 1. The Morgan fingerprint density at radius 2 is 2.00 bits per heavy atom. The standard InChI is InChI=1S/C25H27N3O4S/c1-4-11-32-22-17(9-6-10-19(22)31-3)18-13-20(29)26-23-21(18)24(30)28-25(27-23)33-14-16-8-5-7-15(2)12-16/h5-10,12,18H,4,11,13-14H2,1-3H3,(H2,26,27,28,29,30)/t18-/m1/s1. The van der Waals surface area contributed by atoms with Crippen LogP contribution >= 0.6 is 11.8 Å². The van der Waals surface area contributed by atoms with Gasteiger partial charge in [-0.25, -0.2) is 4.98 Å². The number of carbonyl (C=O) groups excluding carboxylic acids is 1. The summed E-state index contributed by atoms with van der Waals surface area (Å²) < 4.78 is 11.5. The van der Waals surface area contributed by atoms with Gasteiger partial charge < -0.3 is 19.8 Å². The molecule has 0 aliphatic carbocycles. The van der Waals surface area contributed by atoms with Crippen LogP contribution in [0.3, 0.4) is 0 Å². The molecule has 1 amide bonds. The fraction of sp³-hybridized carbons (Fsp3) is 0.320. The number of H-pyrrole nitrogens is 1. The van der Waals surface area contributed by atoms with Gasteiger partial charge in [0.15, 0.2) is 16.7 Å². The number of aryl methyl sites for hydroxylation is 1. The summed E-state index contributed by atoms with van der Waals surface area (Å²) in [5, 5.41) is 3.25. The quantitative estimate of drug-likeness (QED) is 0.372. The normalized spacial score (nSPS) is 15.0. The number of nitrogens with one attached hydrogen (secondary N) is 2. The number of hydrogen-bond donors (Lipinski definition) is 2. The van der Waals surface area contributed by atoms with Crippen molar-refractivity contribution in [3.05, 3.63) is 75.1 Å². The molecule has 0 bridgehead atoms. The fourth-order valence-corrected chi connectivity index (χ4v) is 4.77. The van der Waals surface area contributed by atoms with Crippen molar-refractivity contribution in [1.82, 2.24) is 9.97 Å². The summed E-state index contributed by atoms with van der Waals surface area (Å²) >= 11 is 1.43. The molecule has 8 heteroatoms. The number of aromatic nitrogens is 2. The number of para-hydroxylation sites is 1. The zero-order valence-electron chi connectivity index (χ0n) is 18.9. The fourth-order valence-electron chi connectivity index (χ4n) is 3.96. The largest absolute Gasteiger partial charge is 0.493 e. The lowest BCUT2D eigenvalue weighted by atomic mass is 9.86. The Labute approximate surface area is 196 Å². The minimum Gasteiger partial charge on any atom is -0.493 e. The summed E-state index contributed by atoms with van der Waals surface area (Å²) in [5.41, 5.74) is 3.22. The first-order valence-corrected chi connectivity index (χ1v) is 11.9. The Kier molecular flexibility index (Phi) is 7.03. The van der Waals surface area contributed by atoms with Crippen molar-refractivity contribution >= 4 is 23.5 Å². The van der Waals surface area contributed by atoms with Crippen LogP contribution < -0.4 is 20.3 Å². The van der Waals surface area contributed by atoms with E-state index >= 15 is 0 Å². The van der Waals surface area contributed by atoms with Gasteiger partial charge in [0, 0.05) is 23.7 Å². The first-order chi connectivity index (χ1) is 16.0. The number of aromatic amines is 1. The lowest BCUT2D eigenvalue weighted by Crippen LogP contribution is -2.31. The predicted octanol–water partition coefficient (Wildman–Crippen LogP) is 4.64. The van der Waals surface area contributed by atoms with Crippen molar-refractivity contribution in [3.8, 4) is 11.5 Å². The van der Waals surface area contributed by atoms with Crippen LogP contribution in [0.2, 0.25) is 0 Å². The molecule has 33 heavy (non-hydrogen) atoms. The van der Waals surface area contributed by atoms with Crippen molar-refractivity contribution in [2.75, 3.05) is 19.0 Å². The van der Waals surface area contributed by atoms with Crippen LogP contribution in [0, 0.1) is 6.92 Å². The number of hydrogen-bond acceptors (Lipinski definition) is 6. The summed E-state index contributed by atoms with van der Waals surface area (Å²) in [4.78, 5) is 33.2. The molecule has 2 aromatic carbocycles. The second-order valence-electron chi connectivity index (χ2n) is 7.94. The average molecular weight is 466 g/mol. The zero-order valence-corrected chi connectivity index (χ0v) is 19.8. The van der Waals surface area contributed by atoms with E-state index < -0.39 is 5.92 Å². The van der Waals surface area contributed by atoms with E-state index in [1.807, 2.05) is 50.2 Å². The Morgan fingerprint density at radius 3 is 2.76 bits per heavy atom. The van der Waals surface area contributed by atoms with Crippen molar-refractivity contribution in [2.45, 2.75) is 43.5 Å². The van der Waals surface area contributed by atoms with Crippen LogP contribution in [0.4, 0.5) is 5.82 Å². The highest BCUT2D eigenvalue weighted by Gasteiger charge is 2.33. The maximum absolute atomic E-state index is 13.2. The number of anilines is 1. The Hall–Kier alpha value is -3.26. The van der Waals surface area contributed by atoms with Crippen LogP contribution in [-0.2, 0) is 10.5 Å². The SMILES string of the molecule is CCCOc1c(OC)cccc1[C@H]1CC(=O)Nc2nc(SCc3cccc(C)c3)[nH]c(=O)c21. The molecule has 0 fully saturated rings. The number of nitrogens with zero attached hydrogens (tertiary/aromatic N) is 1. The molecule has 0 saturated heterocycles. The lowest BCUT2D eigenvalue weighted by Gasteiger charge is -2.26. The maximum Gasteiger partial charge on any atom is 0.257 e. The summed E-state index contributed by atoms with van der Waals surface area (Å²) in [6.45, 7) is 4.56. The molecule has 0 saturated carbocycles. The lowest BCUT2D eigenvalue weighted by molar-refractivity contribution is -0.116. The van der Waals surface area contributed by atoms with E-state index in [0.717, 1.165) is 17.5 Å². The van der Waals surface area contributed by atoms with Crippen LogP contribution in [0.25, 0.3) is 0 Å². The Balaban J connectivity index is 1.70. The van der Waals surface area contributed by atoms with Gasteiger partial charge in [-0.1, -0.05) is 60.6 Å². The smallest absolute Gasteiger partial charge is 0.257 e. The highest BCUT2D eigenvalue weighted by atomic mass is 32.2. The summed E-state index contributed by atoms with van der Waals surface area (Å²) in [5.74, 6) is 1.42. The highest BCUT2D eigenvalue weighted by Crippen LogP contribution is 2.42. The first-order valence-electron chi connectivity index (χ1n) is 10.9. The molecule has 172 valence electrons. The number of carbonyl (C=O) groups is 1. The van der Waals surface area contributed by atoms with Crippen molar-refractivity contribution < 1.29 is 14.3 Å². The van der Waals surface area contributed by atoms with E-state index in [2.05, 4.69) is 21.4 Å². The maximum atomic E-state index is 13.2. The third-order valence-corrected chi connectivity index (χ3v) is 6.39. The van der Waals surface area contributed by atoms with Crippen molar-refractivity contribution in [2.24, 2.45) is 0 Å². The molecule has 0 unspecified atom stereocenters. The molecule has 1 aliphatic rings. The number of ether oxygens (including phenoxy) is 2. The Bertz CT molecular complexity index is 1220. The molecule has 0 radical (unpaired) electrons. The minimum atomic E-state index is -0.484. The molecule has 4 rings (SSSR count). The van der Waals surface area contributed by atoms with E-state index in [0.29, 0.717) is 40.4 Å². The van der Waals surface area contributed by atoms with Gasteiger partial charge in [-0.05, 0) is 25.0 Å². The third kappa shape index (κ3) is 5.06. The van der Waals surface area contributed by atoms with E-state index in [9.17, 15) is 9.59 Å². The van der Waals surface area contributed by atoms with Gasteiger partial charge >= 0.3 is 0 Å². The van der Waals surface area contributed by atoms with E-state index in [-0.39, 0.29) is 17.9 Å². The Morgan fingerprint density at radius 1 is 1.18 bits per heavy atom. The van der Waals surface area contributed by atoms with Gasteiger partial charge in [-0.3, -0.25) is 9.59 Å². The summed E-state index contributed by atoms with van der Waals surface area (Å²) in [6, 6.07) is 13.7. The van der Waals surface area contributed by atoms with E-state index in [1.54, 1.807) is 7.11 Å². The van der Waals surface area contributed by atoms with Gasteiger partial charge in [0.25, 0.3) is 5.56 Å². The second-order valence-corrected chi connectivity index (χ2v) is 8.91. The van der Waals surface area contributed by atoms with Gasteiger partial charge in [-0.2, -0.15) is 0 Å². The number of rotatable bonds is 8. The van der Waals surface area contributed by atoms with Crippen LogP contribution in [0.5, 0.6) is 11.5 Å². The number of methoxy groups -OCH3 is 1. The predicted molar refractivity (Wildman–Crippen MR) is 129 cm³/mol. The molecule has 1 aliphatic heterocycles. The number of amides is 1. The number of benzene rings is 2. The van der Waals surface area contributed by atoms with Gasteiger partial charge in [0.2, 0.25) is 5.91 Å². The van der Waals surface area contributed by atoms with E-state index in [4.69, 9.17) is 9.47 Å². The molecule has 1 aromatic heterocycles. The molecule has 2 N–H and O–H groups in total. The summed E-state index contributed by atoms with van der Waals surface area (Å²) in [6.07, 6.45) is 0.950. The molecular weight excluding hydrogens is 438 g/mol. The summed E-state index contributed by atoms with van der Waals surface area (Å²) in [7, 11) is 1.57. The number of fused-ring (bicyclic) bond motifs is 1. The molecule has 1 atom stereocenters. The van der Waals surface area contributed by atoms with Gasteiger partial charge in [0.05, 0.1) is 19.3 Å². The molecule has 2 heterocycles. The highest BCUT2D eigenvalue weighted by molar-refractivity contribution is 7.98. The molecule has 7 nitrogen and oxygen atoms in total. The van der Waals surface area contributed by atoms with Gasteiger partial charge in [-0.15, -0.1) is 0 Å². The van der Waals surface area contributed by atoms with Crippen molar-refractivity contribution in [3.63, 3.8) is 0 Å². The van der Waals surface area contributed by atoms with Crippen LogP contribution in [0.1, 0.15) is 47.9 Å². The zero-order chi connectivity index (χ0) is 23.4. The van der Waals surface area contributed by atoms with Crippen LogP contribution in [0.15, 0.2) is 52.4 Å². The average Bonchev–Trinajstić information content (AvgIpc) is 2.80. The minimum absolute atomic E-state index is 0.128. The monoisotopic (exact) mass is 465 g/mol. The van der Waals surface area contributed by atoms with Crippen LogP contribution in [-0.4, -0.2) is 29.6 Å². The van der Waals surface area contributed by atoms with Crippen molar-refractivity contribution in [1.29, 1.82) is 0 Å². The molecule has 0 spiro atoms. The second kappa shape index (κ2) is 10.1.